The van der Waals surface area contributed by atoms with Gasteiger partial charge in [0.2, 0.25) is 0 Å². The second kappa shape index (κ2) is 10.3. The highest BCUT2D eigenvalue weighted by Crippen LogP contribution is 2.36. The van der Waals surface area contributed by atoms with E-state index in [0.29, 0.717) is 16.7 Å². The van der Waals surface area contributed by atoms with E-state index in [1.54, 1.807) is 24.4 Å². The quantitative estimate of drug-likeness (QED) is 0.253. The van der Waals surface area contributed by atoms with E-state index in [4.69, 9.17) is 0 Å². The molecule has 1 aromatic carbocycles. The van der Waals surface area contributed by atoms with E-state index in [1.165, 1.54) is 34.8 Å². The summed E-state index contributed by atoms with van der Waals surface area (Å²) in [6.45, 7) is 1.28. The Labute approximate surface area is 202 Å². The Morgan fingerprint density at radius 1 is 1.18 bits per heavy atom. The van der Waals surface area contributed by atoms with E-state index in [-0.39, 0.29) is 17.1 Å². The van der Waals surface area contributed by atoms with Crippen LogP contribution in [0.3, 0.4) is 0 Å². The molecular formula is C24H21F2N3O3S2. The molecule has 0 saturated heterocycles. The molecule has 3 aromatic heterocycles. The van der Waals surface area contributed by atoms with Crippen LogP contribution < -0.4 is 10.1 Å². The third-order valence-corrected chi connectivity index (χ3v) is 6.71. The summed E-state index contributed by atoms with van der Waals surface area (Å²) in [5.41, 5.74) is 2.23. The second-order valence-corrected chi connectivity index (χ2v) is 9.85. The van der Waals surface area contributed by atoms with Crippen molar-refractivity contribution in [3.05, 3.63) is 64.5 Å². The zero-order valence-corrected chi connectivity index (χ0v) is 19.9. The standard InChI is InChI=1S/C24H21F2N3O3S2/c1-13(2)10-19-20(14-5-7-16(8-6-14)32-23(25)26)28-24(34-19)29-21-17(22(30)31)11-15(12-27-21)18-4-3-9-33-18/h3-9,11-13,23H,10H2,1-2H3,(H,30,31)(H,27,28,29). The zero-order chi connectivity index (χ0) is 24.2. The maximum absolute atomic E-state index is 12.5. The van der Waals surface area contributed by atoms with E-state index >= 15 is 0 Å². The van der Waals surface area contributed by atoms with Gasteiger partial charge in [-0.2, -0.15) is 8.78 Å². The Morgan fingerprint density at radius 2 is 1.94 bits per heavy atom. The number of anilines is 2. The second-order valence-electron chi connectivity index (χ2n) is 7.82. The van der Waals surface area contributed by atoms with Crippen LogP contribution in [0.1, 0.15) is 29.1 Å². The van der Waals surface area contributed by atoms with E-state index in [9.17, 15) is 18.7 Å². The van der Waals surface area contributed by atoms with Crippen LogP contribution >= 0.6 is 22.7 Å². The lowest BCUT2D eigenvalue weighted by molar-refractivity contribution is -0.0498. The molecule has 6 nitrogen and oxygen atoms in total. The topological polar surface area (TPSA) is 84.3 Å². The number of thiophene rings is 1. The van der Waals surface area contributed by atoms with Crippen molar-refractivity contribution in [2.45, 2.75) is 26.9 Å². The largest absolute Gasteiger partial charge is 0.478 e. The zero-order valence-electron chi connectivity index (χ0n) is 18.3. The summed E-state index contributed by atoms with van der Waals surface area (Å²) in [5.74, 6) is -0.475. The molecule has 0 saturated carbocycles. The Bertz CT molecular complexity index is 1270. The molecule has 4 aromatic rings. The highest BCUT2D eigenvalue weighted by molar-refractivity contribution is 7.16. The van der Waals surface area contributed by atoms with Crippen LogP contribution in [0.4, 0.5) is 19.7 Å². The molecule has 0 aliphatic heterocycles. The third kappa shape index (κ3) is 5.57. The third-order valence-electron chi connectivity index (χ3n) is 4.79. The van der Waals surface area contributed by atoms with Crippen LogP contribution in [0.5, 0.6) is 5.75 Å². The molecular weight excluding hydrogens is 480 g/mol. The number of carboxylic acid groups (broad SMARTS) is 1. The predicted octanol–water partition coefficient (Wildman–Crippen LogP) is 7.18. The maximum atomic E-state index is 12.5. The van der Waals surface area contributed by atoms with E-state index in [2.05, 4.69) is 33.9 Å². The van der Waals surface area contributed by atoms with Gasteiger partial charge in [0, 0.05) is 27.1 Å². The minimum Gasteiger partial charge on any atom is -0.478 e. The highest BCUT2D eigenvalue weighted by atomic mass is 32.1. The summed E-state index contributed by atoms with van der Waals surface area (Å²) in [6.07, 6.45) is 2.38. The van der Waals surface area contributed by atoms with Crippen molar-refractivity contribution >= 4 is 39.6 Å². The SMILES string of the molecule is CC(C)Cc1sc(Nc2ncc(-c3cccs3)cc2C(=O)O)nc1-c1ccc(OC(F)F)cc1. The van der Waals surface area contributed by atoms with Crippen LogP contribution in [0.25, 0.3) is 21.7 Å². The fraction of sp³-hybridized carbons (Fsp3) is 0.208. The number of carbonyl (C=O) groups is 1. The Morgan fingerprint density at radius 3 is 2.56 bits per heavy atom. The number of pyridine rings is 1. The number of aromatic carboxylic acids is 1. The van der Waals surface area contributed by atoms with Gasteiger partial charge in [-0.3, -0.25) is 0 Å². The molecule has 0 aliphatic rings. The van der Waals surface area contributed by atoms with Gasteiger partial charge in [-0.05, 0) is 54.1 Å². The number of carboxylic acids is 1. The summed E-state index contributed by atoms with van der Waals surface area (Å²) in [5, 5.41) is 15.2. The first-order valence-electron chi connectivity index (χ1n) is 10.4. The summed E-state index contributed by atoms with van der Waals surface area (Å²) in [7, 11) is 0. The van der Waals surface area contributed by atoms with Crippen molar-refractivity contribution in [3.63, 3.8) is 0 Å². The molecule has 0 aliphatic carbocycles. The molecule has 0 unspecified atom stereocenters. The highest BCUT2D eigenvalue weighted by Gasteiger charge is 2.19. The van der Waals surface area contributed by atoms with Crippen LogP contribution in [-0.4, -0.2) is 27.7 Å². The van der Waals surface area contributed by atoms with Crippen molar-refractivity contribution in [1.29, 1.82) is 0 Å². The van der Waals surface area contributed by atoms with Crippen molar-refractivity contribution < 1.29 is 23.4 Å². The number of nitrogens with zero attached hydrogens (tertiary/aromatic N) is 2. The Kier molecular flexibility index (Phi) is 7.18. The lowest BCUT2D eigenvalue weighted by Gasteiger charge is -2.08. The first-order chi connectivity index (χ1) is 16.3. The van der Waals surface area contributed by atoms with Gasteiger partial charge < -0.3 is 15.2 Å². The molecule has 4 rings (SSSR count). The van der Waals surface area contributed by atoms with Crippen LogP contribution in [-0.2, 0) is 6.42 Å². The Balaban J connectivity index is 1.66. The first-order valence-corrected chi connectivity index (χ1v) is 12.1. The number of hydrogen-bond acceptors (Lipinski definition) is 7. The minimum absolute atomic E-state index is 0.0431. The van der Waals surface area contributed by atoms with Crippen LogP contribution in [0.15, 0.2) is 54.0 Å². The average molecular weight is 502 g/mol. The van der Waals surface area contributed by atoms with E-state index in [1.807, 2.05) is 17.5 Å². The lowest BCUT2D eigenvalue weighted by Crippen LogP contribution is -2.05. The fourth-order valence-electron chi connectivity index (χ4n) is 3.34. The van der Waals surface area contributed by atoms with Gasteiger partial charge in [0.1, 0.15) is 17.1 Å². The number of aromatic nitrogens is 2. The molecule has 0 radical (unpaired) electrons. The first kappa shape index (κ1) is 23.8. The van der Waals surface area contributed by atoms with Crippen molar-refractivity contribution in [1.82, 2.24) is 9.97 Å². The van der Waals surface area contributed by atoms with Gasteiger partial charge in [0.05, 0.1) is 5.69 Å². The number of rotatable bonds is 9. The normalized spacial score (nSPS) is 11.2. The van der Waals surface area contributed by atoms with Gasteiger partial charge in [-0.25, -0.2) is 14.8 Å². The van der Waals surface area contributed by atoms with E-state index in [0.717, 1.165) is 27.3 Å². The monoisotopic (exact) mass is 501 g/mol. The van der Waals surface area contributed by atoms with Gasteiger partial charge in [-0.15, -0.1) is 22.7 Å². The van der Waals surface area contributed by atoms with Gasteiger partial charge in [0.15, 0.2) is 5.13 Å². The number of thiazole rings is 1. The van der Waals surface area contributed by atoms with Crippen LogP contribution in [0.2, 0.25) is 0 Å². The van der Waals surface area contributed by atoms with Crippen LogP contribution in [0, 0.1) is 5.92 Å². The molecule has 0 spiro atoms. The minimum atomic E-state index is -2.89. The molecule has 0 bridgehead atoms. The maximum Gasteiger partial charge on any atom is 0.387 e. The summed E-state index contributed by atoms with van der Waals surface area (Å²) >= 11 is 2.92. The predicted molar refractivity (Wildman–Crippen MR) is 131 cm³/mol. The molecule has 0 amide bonds. The van der Waals surface area contributed by atoms with Gasteiger partial charge in [0.25, 0.3) is 0 Å². The Hall–Kier alpha value is -3.37. The molecule has 176 valence electrons. The number of benzene rings is 1. The smallest absolute Gasteiger partial charge is 0.387 e. The van der Waals surface area contributed by atoms with Crippen molar-refractivity contribution in [3.8, 4) is 27.4 Å². The summed E-state index contributed by atoms with van der Waals surface area (Å²) < 4.78 is 29.4. The van der Waals surface area contributed by atoms with Gasteiger partial charge >= 0.3 is 12.6 Å². The van der Waals surface area contributed by atoms with Gasteiger partial charge in [-0.1, -0.05) is 19.9 Å². The van der Waals surface area contributed by atoms with Crippen molar-refractivity contribution in [2.75, 3.05) is 5.32 Å². The number of alkyl halides is 2. The van der Waals surface area contributed by atoms with Crippen molar-refractivity contribution in [2.24, 2.45) is 5.92 Å². The summed E-state index contributed by atoms with van der Waals surface area (Å²) in [6, 6.07) is 11.7. The molecule has 0 fully saturated rings. The molecule has 0 atom stereocenters. The number of nitrogens with one attached hydrogen (secondary N) is 1. The lowest BCUT2D eigenvalue weighted by atomic mass is 10.0. The summed E-state index contributed by atoms with van der Waals surface area (Å²) in [4.78, 5) is 22.9. The molecule has 34 heavy (non-hydrogen) atoms. The van der Waals surface area contributed by atoms with E-state index < -0.39 is 12.6 Å². The number of ether oxygens (including phenoxy) is 1. The number of halogens is 2. The number of hydrogen-bond donors (Lipinski definition) is 2. The fourth-order valence-corrected chi connectivity index (χ4v) is 5.24. The molecule has 10 heteroatoms. The molecule has 3 heterocycles. The average Bonchev–Trinajstić information content (AvgIpc) is 3.44. The molecule has 2 N–H and O–H groups in total.